The van der Waals surface area contributed by atoms with Gasteiger partial charge in [-0.2, -0.15) is 0 Å². The van der Waals surface area contributed by atoms with E-state index < -0.39 is 0 Å². The zero-order valence-electron chi connectivity index (χ0n) is 16.1. The predicted molar refractivity (Wildman–Crippen MR) is 118 cm³/mol. The molecule has 0 atom stereocenters. The zero-order chi connectivity index (χ0) is 19.6. The van der Waals surface area contributed by atoms with Crippen molar-refractivity contribution in [2.24, 2.45) is 0 Å². The third-order valence-corrected chi connectivity index (χ3v) is 5.87. The molecule has 1 fully saturated rings. The van der Waals surface area contributed by atoms with Crippen molar-refractivity contribution in [3.8, 4) is 11.1 Å². The molecule has 0 bridgehead atoms. The number of aryl methyl sites for hydroxylation is 1. The van der Waals surface area contributed by atoms with Gasteiger partial charge < -0.3 is 15.0 Å². The van der Waals surface area contributed by atoms with Gasteiger partial charge in [0.15, 0.2) is 5.13 Å². The van der Waals surface area contributed by atoms with Crippen molar-refractivity contribution in [2.45, 2.75) is 6.92 Å². The normalized spacial score (nSPS) is 14.3. The van der Waals surface area contributed by atoms with Gasteiger partial charge in [-0.1, -0.05) is 18.2 Å². The maximum absolute atomic E-state index is 5.48. The summed E-state index contributed by atoms with van der Waals surface area (Å²) >= 11 is 1.61. The van der Waals surface area contributed by atoms with Gasteiger partial charge in [0, 0.05) is 35.2 Å². The Morgan fingerprint density at radius 1 is 1.00 bits per heavy atom. The molecule has 1 N–H and O–H groups in total. The van der Waals surface area contributed by atoms with Crippen LogP contribution in [0.3, 0.4) is 0 Å². The molecule has 0 unspecified atom stereocenters. The van der Waals surface area contributed by atoms with E-state index >= 15 is 0 Å². The van der Waals surface area contributed by atoms with Gasteiger partial charge in [-0.25, -0.2) is 15.0 Å². The van der Waals surface area contributed by atoms with Crippen LogP contribution in [-0.4, -0.2) is 41.3 Å². The summed E-state index contributed by atoms with van der Waals surface area (Å²) < 4.78 is 5.48. The second-order valence-corrected chi connectivity index (χ2v) is 8.24. The highest BCUT2D eigenvalue weighted by Gasteiger charge is 2.13. The summed E-state index contributed by atoms with van der Waals surface area (Å²) in [7, 11) is 0. The van der Waals surface area contributed by atoms with E-state index in [0.29, 0.717) is 0 Å². The third-order valence-electron chi connectivity index (χ3n) is 5.04. The molecule has 0 amide bonds. The van der Waals surface area contributed by atoms with E-state index in [4.69, 9.17) is 4.74 Å². The van der Waals surface area contributed by atoms with E-state index in [-0.39, 0.29) is 0 Å². The molecule has 2 aromatic heterocycles. The molecule has 5 rings (SSSR count). The number of benzene rings is 2. The van der Waals surface area contributed by atoms with Gasteiger partial charge in [0.25, 0.3) is 0 Å². The van der Waals surface area contributed by atoms with Crippen LogP contribution >= 0.6 is 11.3 Å². The Bertz CT molecular complexity index is 1150. The third kappa shape index (κ3) is 3.79. The smallest absolute Gasteiger partial charge is 0.188 e. The standard InChI is InChI=1S/C22H21N5OS/c1-15-13-23-22(29-15)26-21-19-12-17(5-6-20(19)24-14-25-21)16-3-2-4-18(11-16)27-7-9-28-10-8-27/h2-6,11-14H,7-10H2,1H3,(H,23,24,25,26). The van der Waals surface area contributed by atoms with Crippen LogP contribution in [0.4, 0.5) is 16.6 Å². The van der Waals surface area contributed by atoms with Crippen LogP contribution in [0.1, 0.15) is 4.88 Å². The molecular formula is C22H21N5OS. The summed E-state index contributed by atoms with van der Waals surface area (Å²) in [5.41, 5.74) is 4.45. The molecule has 6 nitrogen and oxygen atoms in total. The number of nitrogens with one attached hydrogen (secondary N) is 1. The van der Waals surface area contributed by atoms with Crippen LogP contribution < -0.4 is 10.2 Å². The molecule has 0 saturated carbocycles. The SMILES string of the molecule is Cc1cnc(Nc2ncnc3ccc(-c4cccc(N5CCOCC5)c4)cc23)s1. The predicted octanol–water partition coefficient (Wildman–Crippen LogP) is 4.64. The summed E-state index contributed by atoms with van der Waals surface area (Å²) in [6.45, 7) is 5.46. The Morgan fingerprint density at radius 3 is 2.69 bits per heavy atom. The van der Waals surface area contributed by atoms with Crippen LogP contribution in [0.15, 0.2) is 55.0 Å². The number of morpholine rings is 1. The van der Waals surface area contributed by atoms with Crippen molar-refractivity contribution >= 4 is 38.9 Å². The molecule has 0 aliphatic carbocycles. The number of hydrogen-bond acceptors (Lipinski definition) is 7. The van der Waals surface area contributed by atoms with Crippen molar-refractivity contribution in [1.82, 2.24) is 15.0 Å². The molecule has 1 saturated heterocycles. The molecule has 2 aromatic carbocycles. The molecular weight excluding hydrogens is 382 g/mol. The monoisotopic (exact) mass is 403 g/mol. The van der Waals surface area contributed by atoms with Crippen molar-refractivity contribution in [3.63, 3.8) is 0 Å². The number of anilines is 3. The number of nitrogens with zero attached hydrogens (tertiary/aromatic N) is 4. The Balaban J connectivity index is 1.51. The topological polar surface area (TPSA) is 63.2 Å². The van der Waals surface area contributed by atoms with Crippen molar-refractivity contribution < 1.29 is 4.74 Å². The highest BCUT2D eigenvalue weighted by atomic mass is 32.1. The lowest BCUT2D eigenvalue weighted by atomic mass is 10.0. The second kappa shape index (κ2) is 7.77. The first kappa shape index (κ1) is 18.0. The molecule has 4 aromatic rings. The van der Waals surface area contributed by atoms with Crippen molar-refractivity contribution in [1.29, 1.82) is 0 Å². The Morgan fingerprint density at radius 2 is 1.86 bits per heavy atom. The van der Waals surface area contributed by atoms with E-state index in [1.807, 2.05) is 19.2 Å². The summed E-state index contributed by atoms with van der Waals surface area (Å²) in [5.74, 6) is 0.774. The van der Waals surface area contributed by atoms with Gasteiger partial charge in [-0.05, 0) is 42.3 Å². The number of fused-ring (bicyclic) bond motifs is 1. The molecule has 1 aliphatic rings. The highest BCUT2D eigenvalue weighted by molar-refractivity contribution is 7.15. The summed E-state index contributed by atoms with van der Waals surface area (Å²) in [5, 5.41) is 5.16. The zero-order valence-corrected chi connectivity index (χ0v) is 16.9. The fraction of sp³-hybridized carbons (Fsp3) is 0.227. The first-order valence-electron chi connectivity index (χ1n) is 9.64. The van der Waals surface area contributed by atoms with E-state index in [1.54, 1.807) is 17.7 Å². The van der Waals surface area contributed by atoms with E-state index in [0.717, 1.165) is 58.6 Å². The minimum absolute atomic E-state index is 0.774. The molecule has 29 heavy (non-hydrogen) atoms. The Kier molecular flexibility index (Phi) is 4.83. The average molecular weight is 404 g/mol. The quantitative estimate of drug-likeness (QED) is 0.535. The van der Waals surface area contributed by atoms with E-state index in [1.165, 1.54) is 11.3 Å². The van der Waals surface area contributed by atoms with Gasteiger partial charge in [-0.15, -0.1) is 11.3 Å². The summed E-state index contributed by atoms with van der Waals surface area (Å²) in [6, 6.07) is 15.0. The minimum Gasteiger partial charge on any atom is -0.378 e. The minimum atomic E-state index is 0.774. The average Bonchev–Trinajstić information content (AvgIpc) is 3.19. The molecule has 7 heteroatoms. The highest BCUT2D eigenvalue weighted by Crippen LogP contribution is 2.31. The second-order valence-electron chi connectivity index (χ2n) is 7.01. The first-order chi connectivity index (χ1) is 14.3. The Labute approximate surface area is 173 Å². The van der Waals surface area contributed by atoms with Gasteiger partial charge in [0.2, 0.25) is 0 Å². The lowest BCUT2D eigenvalue weighted by Crippen LogP contribution is -2.36. The number of thiazole rings is 1. The van der Waals surface area contributed by atoms with Crippen LogP contribution in [0.2, 0.25) is 0 Å². The van der Waals surface area contributed by atoms with Gasteiger partial charge >= 0.3 is 0 Å². The summed E-state index contributed by atoms with van der Waals surface area (Å²) in [6.07, 6.45) is 3.45. The number of ether oxygens (including phenoxy) is 1. The maximum Gasteiger partial charge on any atom is 0.188 e. The van der Waals surface area contributed by atoms with E-state index in [9.17, 15) is 0 Å². The number of hydrogen-bond donors (Lipinski definition) is 1. The number of rotatable bonds is 4. The lowest BCUT2D eigenvalue weighted by molar-refractivity contribution is 0.122. The number of aromatic nitrogens is 3. The van der Waals surface area contributed by atoms with Gasteiger partial charge in [-0.3, -0.25) is 0 Å². The first-order valence-corrected chi connectivity index (χ1v) is 10.5. The molecule has 3 heterocycles. The lowest BCUT2D eigenvalue weighted by Gasteiger charge is -2.29. The molecule has 0 radical (unpaired) electrons. The fourth-order valence-electron chi connectivity index (χ4n) is 3.55. The molecule has 1 aliphatic heterocycles. The van der Waals surface area contributed by atoms with Crippen molar-refractivity contribution in [3.05, 3.63) is 59.9 Å². The fourth-order valence-corrected chi connectivity index (χ4v) is 4.22. The van der Waals surface area contributed by atoms with Crippen LogP contribution in [0.5, 0.6) is 0 Å². The largest absolute Gasteiger partial charge is 0.378 e. The Hall–Kier alpha value is -3.03. The van der Waals surface area contributed by atoms with Crippen LogP contribution in [0.25, 0.3) is 22.0 Å². The molecule has 146 valence electrons. The summed E-state index contributed by atoms with van der Waals surface area (Å²) in [4.78, 5) is 16.8. The van der Waals surface area contributed by atoms with Crippen LogP contribution in [-0.2, 0) is 4.74 Å². The van der Waals surface area contributed by atoms with Gasteiger partial charge in [0.05, 0.1) is 18.7 Å². The molecule has 0 spiro atoms. The maximum atomic E-state index is 5.48. The van der Waals surface area contributed by atoms with E-state index in [2.05, 4.69) is 61.6 Å². The van der Waals surface area contributed by atoms with Crippen LogP contribution in [0, 0.1) is 6.92 Å². The van der Waals surface area contributed by atoms with Gasteiger partial charge in [0.1, 0.15) is 12.1 Å². The van der Waals surface area contributed by atoms with Crippen molar-refractivity contribution in [2.75, 3.05) is 36.5 Å².